The Hall–Kier alpha value is -3.52. The van der Waals surface area contributed by atoms with E-state index in [-0.39, 0.29) is 23.0 Å². The lowest BCUT2D eigenvalue weighted by Crippen LogP contribution is -2.14. The quantitative estimate of drug-likeness (QED) is 0.498. The largest absolute Gasteiger partial charge is 0.506 e. The van der Waals surface area contributed by atoms with Gasteiger partial charge in [-0.25, -0.2) is 9.79 Å². The summed E-state index contributed by atoms with van der Waals surface area (Å²) in [5.41, 5.74) is 1.93. The van der Waals surface area contributed by atoms with Gasteiger partial charge in [0, 0.05) is 17.2 Å². The molecule has 178 valence electrons. The Morgan fingerprint density at radius 1 is 1.00 bits per heavy atom. The fraction of sp³-hybridized carbons (Fsp3) is 0.269. The molecule has 0 atom stereocenters. The highest BCUT2D eigenvalue weighted by Crippen LogP contribution is 2.40. The lowest BCUT2D eigenvalue weighted by atomic mass is 10.1. The van der Waals surface area contributed by atoms with E-state index in [4.69, 9.17) is 14.2 Å². The molecule has 2 aromatic carbocycles. The van der Waals surface area contributed by atoms with Crippen LogP contribution in [0.3, 0.4) is 0 Å². The summed E-state index contributed by atoms with van der Waals surface area (Å²) in [5.74, 6) is -0.342. The van der Waals surface area contributed by atoms with Crippen LogP contribution in [0.25, 0.3) is 6.08 Å². The number of rotatable bonds is 8. The summed E-state index contributed by atoms with van der Waals surface area (Å²) >= 11 is 1.02. The fourth-order valence-corrected chi connectivity index (χ4v) is 4.16. The van der Waals surface area contributed by atoms with E-state index >= 15 is 0 Å². The average Bonchev–Trinajstić information content (AvgIpc) is 3.11. The summed E-state index contributed by atoms with van der Waals surface area (Å²) in [7, 11) is 0. The molecule has 2 aromatic rings. The number of amides is 1. The van der Waals surface area contributed by atoms with Crippen LogP contribution in [0, 0.1) is 6.92 Å². The van der Waals surface area contributed by atoms with Crippen molar-refractivity contribution in [1.82, 2.24) is 0 Å². The van der Waals surface area contributed by atoms with Crippen LogP contribution in [0.4, 0.5) is 0 Å². The van der Waals surface area contributed by atoms with Gasteiger partial charge in [0.05, 0.1) is 24.7 Å². The van der Waals surface area contributed by atoms with Crippen LogP contribution in [-0.2, 0) is 9.53 Å². The molecule has 1 heterocycles. The van der Waals surface area contributed by atoms with Gasteiger partial charge < -0.3 is 19.3 Å². The van der Waals surface area contributed by atoms with Gasteiger partial charge in [0.15, 0.2) is 0 Å². The van der Waals surface area contributed by atoms with Crippen molar-refractivity contribution in [2.75, 3.05) is 19.8 Å². The summed E-state index contributed by atoms with van der Waals surface area (Å²) in [5, 5.41) is 11.0. The summed E-state index contributed by atoms with van der Waals surface area (Å²) < 4.78 is 16.4. The molecule has 0 fully saturated rings. The second kappa shape index (κ2) is 11.6. The molecule has 8 heteroatoms. The maximum absolute atomic E-state index is 12.7. The van der Waals surface area contributed by atoms with E-state index in [2.05, 4.69) is 4.99 Å². The maximum atomic E-state index is 12.7. The number of nitrogens with zero attached hydrogens (tertiary/aromatic N) is 1. The summed E-state index contributed by atoms with van der Waals surface area (Å²) in [4.78, 5) is 29.8. The highest BCUT2D eigenvalue weighted by atomic mass is 32.2. The predicted octanol–water partition coefficient (Wildman–Crippen LogP) is 5.49. The van der Waals surface area contributed by atoms with E-state index in [0.717, 1.165) is 17.3 Å². The molecule has 0 spiro atoms. The Labute approximate surface area is 203 Å². The summed E-state index contributed by atoms with van der Waals surface area (Å²) in [6, 6.07) is 12.3. The zero-order valence-corrected chi connectivity index (χ0v) is 20.4. The molecule has 34 heavy (non-hydrogen) atoms. The number of aliphatic hydroxyl groups is 1. The van der Waals surface area contributed by atoms with E-state index in [9.17, 15) is 14.7 Å². The van der Waals surface area contributed by atoms with Gasteiger partial charge in [-0.2, -0.15) is 0 Å². The van der Waals surface area contributed by atoms with Crippen molar-refractivity contribution in [3.8, 4) is 11.5 Å². The SMILES string of the molecule is CCOC(=O)C1=C(O)/C(=C/c2ccc(OCC)cc2OCC)SC1=NC(=O)c1ccc(C)cc1. The third kappa shape index (κ3) is 5.88. The lowest BCUT2D eigenvalue weighted by molar-refractivity contribution is -0.138. The van der Waals surface area contributed by atoms with Gasteiger partial charge in [-0.05, 0) is 58.0 Å². The topological polar surface area (TPSA) is 94.4 Å². The Bertz CT molecular complexity index is 1160. The third-order valence-corrected chi connectivity index (χ3v) is 5.77. The summed E-state index contributed by atoms with van der Waals surface area (Å²) in [6.45, 7) is 8.41. The molecule has 1 aliphatic rings. The number of aliphatic hydroxyl groups excluding tert-OH is 1. The normalized spacial score (nSPS) is 15.6. The number of benzene rings is 2. The predicted molar refractivity (Wildman–Crippen MR) is 134 cm³/mol. The first-order chi connectivity index (χ1) is 16.4. The number of thioether (sulfide) groups is 1. The van der Waals surface area contributed by atoms with Crippen molar-refractivity contribution in [3.05, 3.63) is 75.4 Å². The van der Waals surface area contributed by atoms with Crippen molar-refractivity contribution in [1.29, 1.82) is 0 Å². The fourth-order valence-electron chi connectivity index (χ4n) is 3.16. The van der Waals surface area contributed by atoms with E-state index in [1.165, 1.54) is 0 Å². The van der Waals surface area contributed by atoms with Crippen LogP contribution in [0.1, 0.15) is 42.3 Å². The van der Waals surface area contributed by atoms with Crippen LogP contribution in [-0.4, -0.2) is 41.8 Å². The first-order valence-electron chi connectivity index (χ1n) is 11.0. The van der Waals surface area contributed by atoms with Crippen LogP contribution in [0.2, 0.25) is 0 Å². The van der Waals surface area contributed by atoms with Crippen LogP contribution in [0.15, 0.2) is 63.7 Å². The standard InChI is InChI=1S/C26H27NO6S/c1-5-31-19-13-12-18(20(15-19)32-6-2)14-21-23(28)22(26(30)33-7-3)25(34-21)27-24(29)17-10-8-16(4)9-11-17/h8-15,28H,5-7H2,1-4H3/b21-14-,27-25?. The highest BCUT2D eigenvalue weighted by molar-refractivity contribution is 8.18. The van der Waals surface area contributed by atoms with Crippen molar-refractivity contribution >= 4 is 34.8 Å². The molecule has 7 nitrogen and oxygen atoms in total. The number of esters is 1. The molecule has 0 aromatic heterocycles. The number of aliphatic imine (C=N–C) groups is 1. The van der Waals surface area contributed by atoms with E-state index in [0.29, 0.717) is 40.7 Å². The average molecular weight is 482 g/mol. The first kappa shape index (κ1) is 25.1. The molecule has 1 aliphatic heterocycles. The number of carbonyl (C=O) groups excluding carboxylic acids is 2. The number of aryl methyl sites for hydroxylation is 1. The zero-order chi connectivity index (χ0) is 24.7. The second-order valence-corrected chi connectivity index (χ2v) is 8.24. The monoisotopic (exact) mass is 481 g/mol. The molecule has 1 N–H and O–H groups in total. The molecular weight excluding hydrogens is 454 g/mol. The van der Waals surface area contributed by atoms with E-state index in [1.54, 1.807) is 55.5 Å². The first-order valence-corrected chi connectivity index (χ1v) is 11.8. The molecule has 0 unspecified atom stereocenters. The highest BCUT2D eigenvalue weighted by Gasteiger charge is 2.34. The van der Waals surface area contributed by atoms with Crippen molar-refractivity contribution in [3.63, 3.8) is 0 Å². The third-order valence-electron chi connectivity index (χ3n) is 4.75. The Morgan fingerprint density at radius 3 is 2.35 bits per heavy atom. The lowest BCUT2D eigenvalue weighted by Gasteiger charge is -2.11. The van der Waals surface area contributed by atoms with Crippen LogP contribution < -0.4 is 9.47 Å². The number of carbonyl (C=O) groups is 2. The minimum Gasteiger partial charge on any atom is -0.506 e. The van der Waals surface area contributed by atoms with Crippen molar-refractivity contribution in [2.24, 2.45) is 4.99 Å². The van der Waals surface area contributed by atoms with Gasteiger partial charge in [0.1, 0.15) is 27.9 Å². The number of hydrogen-bond acceptors (Lipinski definition) is 7. The minimum atomic E-state index is -0.747. The van der Waals surface area contributed by atoms with Gasteiger partial charge in [-0.1, -0.05) is 29.5 Å². The minimum absolute atomic E-state index is 0.0803. The molecule has 3 rings (SSSR count). The molecule has 0 bridgehead atoms. The van der Waals surface area contributed by atoms with Gasteiger partial charge in [-0.3, -0.25) is 4.79 Å². The van der Waals surface area contributed by atoms with Crippen LogP contribution >= 0.6 is 11.8 Å². The molecule has 1 amide bonds. The summed E-state index contributed by atoms with van der Waals surface area (Å²) in [6.07, 6.45) is 1.68. The Kier molecular flexibility index (Phi) is 8.54. The molecule has 0 saturated heterocycles. The van der Waals surface area contributed by atoms with Gasteiger partial charge in [-0.15, -0.1) is 0 Å². The Balaban J connectivity index is 2.03. The van der Waals surface area contributed by atoms with E-state index < -0.39 is 11.9 Å². The van der Waals surface area contributed by atoms with Gasteiger partial charge >= 0.3 is 5.97 Å². The molecule has 0 saturated carbocycles. The zero-order valence-electron chi connectivity index (χ0n) is 19.6. The smallest absolute Gasteiger partial charge is 0.344 e. The van der Waals surface area contributed by atoms with E-state index in [1.807, 2.05) is 20.8 Å². The van der Waals surface area contributed by atoms with Gasteiger partial charge in [0.2, 0.25) is 0 Å². The Morgan fingerprint density at radius 2 is 1.71 bits per heavy atom. The molecule has 0 radical (unpaired) electrons. The molecule has 0 aliphatic carbocycles. The van der Waals surface area contributed by atoms with Crippen molar-refractivity contribution in [2.45, 2.75) is 27.7 Å². The maximum Gasteiger partial charge on any atom is 0.344 e. The van der Waals surface area contributed by atoms with Crippen LogP contribution in [0.5, 0.6) is 11.5 Å². The van der Waals surface area contributed by atoms with Gasteiger partial charge in [0.25, 0.3) is 5.91 Å². The molecular formula is C26H27NO6S. The second-order valence-electron chi connectivity index (χ2n) is 7.21. The van der Waals surface area contributed by atoms with Crippen molar-refractivity contribution < 1.29 is 28.9 Å². The number of ether oxygens (including phenoxy) is 3. The number of hydrogen-bond donors (Lipinski definition) is 1.